The van der Waals surface area contributed by atoms with Crippen molar-refractivity contribution in [2.24, 2.45) is 5.92 Å². The number of carbonyl (C=O) groups excluding carboxylic acids is 1. The fraction of sp³-hybridized carbons (Fsp3) is 0.562. The molecular weight excluding hydrogens is 302 g/mol. The van der Waals surface area contributed by atoms with Crippen molar-refractivity contribution in [1.82, 2.24) is 4.90 Å². The van der Waals surface area contributed by atoms with Crippen molar-refractivity contribution in [2.45, 2.75) is 32.1 Å². The Hall–Kier alpha value is -0.670. The lowest BCUT2D eigenvalue weighted by atomic mass is 9.89. The Labute approximate surface area is 124 Å². The predicted octanol–water partition coefficient (Wildman–Crippen LogP) is 4.14. The van der Waals surface area contributed by atoms with E-state index in [0.29, 0.717) is 6.54 Å². The normalized spacial score (nSPS) is 16.8. The lowest BCUT2D eigenvalue weighted by Crippen LogP contribution is -2.31. The summed E-state index contributed by atoms with van der Waals surface area (Å²) in [7, 11) is 2.06. The quantitative estimate of drug-likeness (QED) is 0.759. The molecule has 2 rings (SSSR count). The van der Waals surface area contributed by atoms with Gasteiger partial charge in [0, 0.05) is 16.6 Å². The third kappa shape index (κ3) is 4.73. The maximum Gasteiger partial charge on any atom is 0.176 e. The summed E-state index contributed by atoms with van der Waals surface area (Å²) in [5.41, 5.74) is 0.796. The van der Waals surface area contributed by atoms with Gasteiger partial charge in [0.25, 0.3) is 0 Å². The molecule has 2 nitrogen and oxygen atoms in total. The van der Waals surface area contributed by atoms with Crippen molar-refractivity contribution in [3.8, 4) is 0 Å². The molecule has 0 saturated heterocycles. The van der Waals surface area contributed by atoms with E-state index in [0.717, 1.165) is 22.5 Å². The van der Waals surface area contributed by atoms with Gasteiger partial charge in [0.05, 0.1) is 6.54 Å². The number of Topliss-reactive ketones (excluding diaryl/α,β-unsaturated/α-hetero) is 1. The molecule has 0 N–H and O–H groups in total. The van der Waals surface area contributed by atoms with E-state index in [9.17, 15) is 4.79 Å². The minimum absolute atomic E-state index is 0.208. The fourth-order valence-corrected chi connectivity index (χ4v) is 3.27. The molecule has 19 heavy (non-hydrogen) atoms. The Balaban J connectivity index is 1.84. The molecule has 0 aromatic heterocycles. The zero-order valence-electron chi connectivity index (χ0n) is 11.6. The van der Waals surface area contributed by atoms with E-state index >= 15 is 0 Å². The van der Waals surface area contributed by atoms with Crippen LogP contribution < -0.4 is 0 Å². The molecule has 0 amide bonds. The molecule has 1 aromatic rings. The van der Waals surface area contributed by atoms with Crippen LogP contribution in [-0.2, 0) is 0 Å². The highest BCUT2D eigenvalue weighted by molar-refractivity contribution is 9.10. The number of likely N-dealkylation sites (N-methyl/N-ethyl adjacent to an activating group) is 1. The maximum absolute atomic E-state index is 12.2. The van der Waals surface area contributed by atoms with E-state index in [1.54, 1.807) is 0 Å². The van der Waals surface area contributed by atoms with Crippen molar-refractivity contribution < 1.29 is 4.79 Å². The van der Waals surface area contributed by atoms with E-state index in [1.165, 1.54) is 32.1 Å². The van der Waals surface area contributed by atoms with Crippen molar-refractivity contribution >= 4 is 21.7 Å². The Morgan fingerprint density at radius 1 is 1.32 bits per heavy atom. The molecule has 0 spiro atoms. The summed E-state index contributed by atoms with van der Waals surface area (Å²) in [6, 6.07) is 7.65. The number of rotatable bonds is 5. The number of halogens is 1. The highest BCUT2D eigenvalue weighted by Crippen LogP contribution is 2.24. The predicted molar refractivity (Wildman–Crippen MR) is 82.5 cm³/mol. The van der Waals surface area contributed by atoms with Gasteiger partial charge in [-0.2, -0.15) is 0 Å². The monoisotopic (exact) mass is 323 g/mol. The highest BCUT2D eigenvalue weighted by atomic mass is 79.9. The third-order valence-electron chi connectivity index (χ3n) is 3.85. The molecule has 0 unspecified atom stereocenters. The zero-order valence-corrected chi connectivity index (χ0v) is 13.2. The molecule has 1 aromatic carbocycles. The van der Waals surface area contributed by atoms with Gasteiger partial charge in [-0.25, -0.2) is 0 Å². The summed E-state index contributed by atoms with van der Waals surface area (Å²) in [5.74, 6) is 0.994. The van der Waals surface area contributed by atoms with Crippen molar-refractivity contribution in [3.05, 3.63) is 34.3 Å². The van der Waals surface area contributed by atoms with Crippen LogP contribution >= 0.6 is 15.9 Å². The number of carbonyl (C=O) groups is 1. The number of benzene rings is 1. The molecule has 0 radical (unpaired) electrons. The van der Waals surface area contributed by atoms with Gasteiger partial charge in [-0.3, -0.25) is 9.69 Å². The van der Waals surface area contributed by atoms with Crippen LogP contribution in [0.25, 0.3) is 0 Å². The molecule has 1 fully saturated rings. The van der Waals surface area contributed by atoms with Gasteiger partial charge in [0.15, 0.2) is 5.78 Å². The average Bonchev–Trinajstić information content (AvgIpc) is 2.39. The molecule has 3 heteroatoms. The average molecular weight is 324 g/mol. The smallest absolute Gasteiger partial charge is 0.176 e. The van der Waals surface area contributed by atoms with Crippen molar-refractivity contribution in [3.63, 3.8) is 0 Å². The Bertz CT molecular complexity index is 427. The molecule has 1 saturated carbocycles. The van der Waals surface area contributed by atoms with Gasteiger partial charge < -0.3 is 0 Å². The number of hydrogen-bond acceptors (Lipinski definition) is 2. The number of ketones is 1. The molecule has 1 aliphatic rings. The van der Waals surface area contributed by atoms with Crippen LogP contribution in [-0.4, -0.2) is 30.8 Å². The maximum atomic E-state index is 12.2. The van der Waals surface area contributed by atoms with Crippen LogP contribution in [0.1, 0.15) is 42.5 Å². The van der Waals surface area contributed by atoms with E-state index < -0.39 is 0 Å². The number of nitrogens with zero attached hydrogens (tertiary/aromatic N) is 1. The van der Waals surface area contributed by atoms with E-state index in [4.69, 9.17) is 0 Å². The molecule has 104 valence electrons. The minimum Gasteiger partial charge on any atom is -0.299 e. The second-order valence-corrected chi connectivity index (χ2v) is 6.55. The lowest BCUT2D eigenvalue weighted by molar-refractivity contribution is 0.0932. The van der Waals surface area contributed by atoms with Crippen molar-refractivity contribution in [2.75, 3.05) is 20.1 Å². The first kappa shape index (κ1) is 14.7. The van der Waals surface area contributed by atoms with Gasteiger partial charge in [-0.15, -0.1) is 0 Å². The fourth-order valence-electron chi connectivity index (χ4n) is 2.87. The summed E-state index contributed by atoms with van der Waals surface area (Å²) >= 11 is 3.41. The van der Waals surface area contributed by atoms with E-state index in [1.807, 2.05) is 24.3 Å². The first-order valence-corrected chi connectivity index (χ1v) is 7.92. The third-order valence-corrected chi connectivity index (χ3v) is 4.35. The molecule has 1 aliphatic carbocycles. The summed E-state index contributed by atoms with van der Waals surface area (Å²) in [6.45, 7) is 1.58. The van der Waals surface area contributed by atoms with Crippen LogP contribution in [0.4, 0.5) is 0 Å². The van der Waals surface area contributed by atoms with Crippen LogP contribution in [0.5, 0.6) is 0 Å². The van der Waals surface area contributed by atoms with Crippen molar-refractivity contribution in [1.29, 1.82) is 0 Å². The van der Waals surface area contributed by atoms with Gasteiger partial charge in [-0.05, 0) is 37.9 Å². The minimum atomic E-state index is 0.208. The SMILES string of the molecule is CN(CC(=O)c1cccc(Br)c1)CC1CCCCC1. The van der Waals surface area contributed by atoms with Gasteiger partial charge >= 0.3 is 0 Å². The van der Waals surface area contributed by atoms with Gasteiger partial charge in [-0.1, -0.05) is 47.3 Å². The highest BCUT2D eigenvalue weighted by Gasteiger charge is 2.17. The Morgan fingerprint density at radius 2 is 2.05 bits per heavy atom. The lowest BCUT2D eigenvalue weighted by Gasteiger charge is -2.26. The largest absolute Gasteiger partial charge is 0.299 e. The molecule has 0 heterocycles. The molecule has 0 aliphatic heterocycles. The van der Waals surface area contributed by atoms with Crippen LogP contribution in [0.3, 0.4) is 0 Å². The zero-order chi connectivity index (χ0) is 13.7. The Kier molecular flexibility index (Phi) is 5.59. The van der Waals surface area contributed by atoms with E-state index in [2.05, 4.69) is 27.9 Å². The molecule has 0 atom stereocenters. The first-order chi connectivity index (χ1) is 9.15. The second-order valence-electron chi connectivity index (χ2n) is 5.63. The van der Waals surface area contributed by atoms with Crippen LogP contribution in [0.2, 0.25) is 0 Å². The summed E-state index contributed by atoms with van der Waals surface area (Å²) in [4.78, 5) is 14.4. The Morgan fingerprint density at radius 3 is 2.74 bits per heavy atom. The molecular formula is C16H22BrNO. The number of hydrogen-bond donors (Lipinski definition) is 0. The summed E-state index contributed by atoms with van der Waals surface area (Å²) < 4.78 is 0.966. The van der Waals surface area contributed by atoms with E-state index in [-0.39, 0.29) is 5.78 Å². The van der Waals surface area contributed by atoms with Gasteiger partial charge in [0.1, 0.15) is 0 Å². The van der Waals surface area contributed by atoms with Crippen LogP contribution in [0.15, 0.2) is 28.7 Å². The van der Waals surface area contributed by atoms with Crippen LogP contribution in [0, 0.1) is 5.92 Å². The second kappa shape index (κ2) is 7.20. The summed E-state index contributed by atoms with van der Waals surface area (Å²) in [6.07, 6.45) is 6.76. The van der Waals surface area contributed by atoms with Gasteiger partial charge in [0.2, 0.25) is 0 Å². The standard InChI is InChI=1S/C16H22BrNO/c1-18(11-13-6-3-2-4-7-13)12-16(19)14-8-5-9-15(17)10-14/h5,8-10,13H,2-4,6-7,11-12H2,1H3. The summed E-state index contributed by atoms with van der Waals surface area (Å²) in [5, 5.41) is 0. The first-order valence-electron chi connectivity index (χ1n) is 7.12. The molecule has 0 bridgehead atoms. The topological polar surface area (TPSA) is 20.3 Å².